The van der Waals surface area contributed by atoms with Gasteiger partial charge in [0.15, 0.2) is 0 Å². The van der Waals surface area contributed by atoms with E-state index in [0.29, 0.717) is 13.1 Å². The Kier molecular flexibility index (Phi) is 5.70. The third-order valence-corrected chi connectivity index (χ3v) is 3.22. The summed E-state index contributed by atoms with van der Waals surface area (Å²) in [5, 5.41) is 0. The van der Waals surface area contributed by atoms with E-state index in [0.717, 1.165) is 5.56 Å². The average molecular weight is 277 g/mol. The van der Waals surface area contributed by atoms with Gasteiger partial charge in [-0.15, -0.1) is 0 Å². The minimum absolute atomic E-state index is 0.0647. The Labute approximate surface area is 119 Å². The lowest BCUT2D eigenvalue weighted by Gasteiger charge is -2.31. The monoisotopic (exact) mass is 277 g/mol. The number of nitrogens with zero attached hydrogens (tertiary/aromatic N) is 1. The van der Waals surface area contributed by atoms with E-state index >= 15 is 0 Å². The first-order valence-corrected chi connectivity index (χ1v) is 6.68. The average Bonchev–Trinajstić information content (AvgIpc) is 2.43. The van der Waals surface area contributed by atoms with Crippen LogP contribution in [0.25, 0.3) is 0 Å². The molecule has 5 nitrogen and oxygen atoms in total. The summed E-state index contributed by atoms with van der Waals surface area (Å²) in [5.41, 5.74) is 11.2. The summed E-state index contributed by atoms with van der Waals surface area (Å²) in [7, 11) is 0. The summed E-state index contributed by atoms with van der Waals surface area (Å²) >= 11 is 0. The molecule has 1 aromatic carbocycles. The maximum Gasteiger partial charge on any atom is 0.229 e. The second-order valence-corrected chi connectivity index (χ2v) is 5.52. The molecule has 0 radical (unpaired) electrons. The number of carbonyl (C=O) groups excluding carboxylic acids is 2. The topological polar surface area (TPSA) is 89.4 Å². The second kappa shape index (κ2) is 7.05. The molecular formula is C15H23N3O2. The highest BCUT2D eigenvalue weighted by atomic mass is 16.2. The van der Waals surface area contributed by atoms with Crippen molar-refractivity contribution in [1.82, 2.24) is 4.90 Å². The zero-order valence-electron chi connectivity index (χ0n) is 12.1. The van der Waals surface area contributed by atoms with Gasteiger partial charge in [-0.25, -0.2) is 0 Å². The molecule has 0 aliphatic rings. The Morgan fingerprint density at radius 3 is 2.30 bits per heavy atom. The molecule has 0 saturated heterocycles. The molecule has 2 amide bonds. The molecule has 1 rings (SSSR count). The molecular weight excluding hydrogens is 254 g/mol. The van der Waals surface area contributed by atoms with Gasteiger partial charge >= 0.3 is 0 Å². The molecule has 0 atom stereocenters. The summed E-state index contributed by atoms with van der Waals surface area (Å²) in [6.45, 7) is 4.63. The van der Waals surface area contributed by atoms with Gasteiger partial charge in [-0.3, -0.25) is 9.59 Å². The SMILES string of the molecule is CC(C)(CN)C(=O)N(CCC(N)=O)Cc1ccccc1. The normalized spacial score (nSPS) is 11.2. The van der Waals surface area contributed by atoms with E-state index in [1.165, 1.54) is 0 Å². The third kappa shape index (κ3) is 4.66. The van der Waals surface area contributed by atoms with Gasteiger partial charge in [0.05, 0.1) is 5.41 Å². The minimum atomic E-state index is -0.646. The Hall–Kier alpha value is -1.88. The van der Waals surface area contributed by atoms with Gasteiger partial charge in [-0.05, 0) is 19.4 Å². The van der Waals surface area contributed by atoms with Crippen molar-refractivity contribution in [2.45, 2.75) is 26.8 Å². The van der Waals surface area contributed by atoms with Crippen molar-refractivity contribution in [1.29, 1.82) is 0 Å². The number of nitrogens with two attached hydrogens (primary N) is 2. The summed E-state index contributed by atoms with van der Waals surface area (Å²) in [6.07, 6.45) is 0.152. The number of carbonyl (C=O) groups is 2. The maximum atomic E-state index is 12.5. The molecule has 4 N–H and O–H groups in total. The van der Waals surface area contributed by atoms with Crippen molar-refractivity contribution >= 4 is 11.8 Å². The molecule has 20 heavy (non-hydrogen) atoms. The number of hydrogen-bond donors (Lipinski definition) is 2. The molecule has 1 aromatic rings. The minimum Gasteiger partial charge on any atom is -0.370 e. The van der Waals surface area contributed by atoms with E-state index in [1.807, 2.05) is 30.3 Å². The van der Waals surface area contributed by atoms with Crippen LogP contribution in [0.2, 0.25) is 0 Å². The van der Waals surface area contributed by atoms with Crippen LogP contribution in [0.5, 0.6) is 0 Å². The van der Waals surface area contributed by atoms with Crippen LogP contribution in [0.15, 0.2) is 30.3 Å². The fourth-order valence-electron chi connectivity index (χ4n) is 1.82. The van der Waals surface area contributed by atoms with Crippen LogP contribution < -0.4 is 11.5 Å². The molecule has 0 aliphatic heterocycles. The fourth-order valence-corrected chi connectivity index (χ4v) is 1.82. The first-order chi connectivity index (χ1) is 9.36. The van der Waals surface area contributed by atoms with Crippen LogP contribution in [0, 0.1) is 5.41 Å². The molecule has 0 saturated carbocycles. The highest BCUT2D eigenvalue weighted by Crippen LogP contribution is 2.19. The molecule has 0 bridgehead atoms. The first kappa shape index (κ1) is 16.2. The first-order valence-electron chi connectivity index (χ1n) is 6.68. The lowest BCUT2D eigenvalue weighted by molar-refractivity contribution is -0.140. The summed E-state index contributed by atoms with van der Waals surface area (Å²) in [4.78, 5) is 25.1. The molecule has 0 spiro atoms. The van der Waals surface area contributed by atoms with Crippen LogP contribution in [-0.4, -0.2) is 29.8 Å². The largest absolute Gasteiger partial charge is 0.370 e. The number of amides is 2. The predicted molar refractivity (Wildman–Crippen MR) is 78.5 cm³/mol. The zero-order chi connectivity index (χ0) is 15.2. The van der Waals surface area contributed by atoms with Gasteiger partial charge in [-0.2, -0.15) is 0 Å². The van der Waals surface area contributed by atoms with Crippen LogP contribution in [0.4, 0.5) is 0 Å². The van der Waals surface area contributed by atoms with E-state index in [4.69, 9.17) is 11.5 Å². The third-order valence-electron chi connectivity index (χ3n) is 3.22. The quantitative estimate of drug-likeness (QED) is 0.775. The molecule has 0 fully saturated rings. The second-order valence-electron chi connectivity index (χ2n) is 5.52. The molecule has 0 aromatic heterocycles. The number of benzene rings is 1. The number of primary amides is 1. The van der Waals surface area contributed by atoms with Gasteiger partial charge in [0.2, 0.25) is 11.8 Å². The van der Waals surface area contributed by atoms with Crippen LogP contribution in [0.3, 0.4) is 0 Å². The Balaban J connectivity index is 2.85. The van der Waals surface area contributed by atoms with Crippen molar-refractivity contribution in [3.05, 3.63) is 35.9 Å². The molecule has 0 heterocycles. The summed E-state index contributed by atoms with van der Waals surface area (Å²) in [5.74, 6) is -0.480. The van der Waals surface area contributed by atoms with E-state index in [1.54, 1.807) is 18.7 Å². The van der Waals surface area contributed by atoms with Crippen molar-refractivity contribution in [2.75, 3.05) is 13.1 Å². The van der Waals surface area contributed by atoms with Gasteiger partial charge in [0.25, 0.3) is 0 Å². The molecule has 0 aliphatic carbocycles. The van der Waals surface area contributed by atoms with Gasteiger partial charge in [-0.1, -0.05) is 30.3 Å². The zero-order valence-corrected chi connectivity index (χ0v) is 12.1. The molecule has 0 unspecified atom stereocenters. The number of hydrogen-bond acceptors (Lipinski definition) is 3. The number of rotatable bonds is 7. The van der Waals surface area contributed by atoms with E-state index in [2.05, 4.69) is 0 Å². The molecule has 5 heteroatoms. The maximum absolute atomic E-state index is 12.5. The lowest BCUT2D eigenvalue weighted by atomic mass is 9.91. The van der Waals surface area contributed by atoms with Crippen molar-refractivity contribution in [3.63, 3.8) is 0 Å². The summed E-state index contributed by atoms with van der Waals surface area (Å²) in [6, 6.07) is 9.64. The van der Waals surface area contributed by atoms with Crippen molar-refractivity contribution < 1.29 is 9.59 Å². The van der Waals surface area contributed by atoms with E-state index in [-0.39, 0.29) is 18.9 Å². The predicted octanol–water partition coefficient (Wildman–Crippen LogP) is 0.876. The smallest absolute Gasteiger partial charge is 0.229 e. The van der Waals surface area contributed by atoms with Crippen LogP contribution >= 0.6 is 0 Å². The van der Waals surface area contributed by atoms with Gasteiger partial charge < -0.3 is 16.4 Å². The fraction of sp³-hybridized carbons (Fsp3) is 0.467. The van der Waals surface area contributed by atoms with E-state index < -0.39 is 11.3 Å². The highest BCUT2D eigenvalue weighted by molar-refractivity contribution is 5.83. The Morgan fingerprint density at radius 2 is 1.80 bits per heavy atom. The van der Waals surface area contributed by atoms with Crippen molar-refractivity contribution in [2.24, 2.45) is 16.9 Å². The summed E-state index contributed by atoms with van der Waals surface area (Å²) < 4.78 is 0. The lowest BCUT2D eigenvalue weighted by Crippen LogP contribution is -2.45. The Morgan fingerprint density at radius 1 is 1.20 bits per heavy atom. The van der Waals surface area contributed by atoms with Gasteiger partial charge in [0.1, 0.15) is 0 Å². The van der Waals surface area contributed by atoms with E-state index in [9.17, 15) is 9.59 Å². The molecule has 110 valence electrons. The highest BCUT2D eigenvalue weighted by Gasteiger charge is 2.30. The standard InChI is InChI=1S/C15H23N3O2/c1-15(2,11-16)14(20)18(9-8-13(17)19)10-12-6-4-3-5-7-12/h3-7H,8-11,16H2,1-2H3,(H2,17,19). The van der Waals surface area contributed by atoms with Crippen molar-refractivity contribution in [3.8, 4) is 0 Å². The van der Waals surface area contributed by atoms with Gasteiger partial charge in [0, 0.05) is 26.1 Å². The Bertz CT molecular complexity index is 457. The van der Waals surface area contributed by atoms with Crippen LogP contribution in [0.1, 0.15) is 25.8 Å². The van der Waals surface area contributed by atoms with Crippen LogP contribution in [-0.2, 0) is 16.1 Å².